The van der Waals surface area contributed by atoms with Crippen LogP contribution in [0.3, 0.4) is 0 Å². The number of aromatic nitrogens is 1. The predicted octanol–water partition coefficient (Wildman–Crippen LogP) is 2.72. The summed E-state index contributed by atoms with van der Waals surface area (Å²) in [5.41, 5.74) is 1.78. The number of aromatic carboxylic acids is 1. The molecule has 1 aliphatic heterocycles. The smallest absolute Gasteiger partial charge is 0.337 e. The molecule has 0 aliphatic carbocycles. The number of anilines is 1. The maximum Gasteiger partial charge on any atom is 0.337 e. The second-order valence-corrected chi connectivity index (χ2v) is 6.05. The molecular weight excluding hydrogens is 340 g/mol. The van der Waals surface area contributed by atoms with E-state index in [0.717, 1.165) is 11.3 Å². The first-order chi connectivity index (χ1) is 12.5. The molecule has 2 aromatic rings. The molecule has 0 unspecified atom stereocenters. The van der Waals surface area contributed by atoms with Gasteiger partial charge in [0.15, 0.2) is 11.5 Å². The number of aryl methyl sites for hydroxylation is 2. The molecule has 0 bridgehead atoms. The van der Waals surface area contributed by atoms with Crippen LogP contribution in [0.15, 0.2) is 16.7 Å². The van der Waals surface area contributed by atoms with Gasteiger partial charge in [0.1, 0.15) is 5.76 Å². The minimum absolute atomic E-state index is 0.0417. The molecule has 2 heterocycles. The van der Waals surface area contributed by atoms with Crippen LogP contribution in [0.5, 0.6) is 11.5 Å². The summed E-state index contributed by atoms with van der Waals surface area (Å²) < 4.78 is 16.2. The summed E-state index contributed by atoms with van der Waals surface area (Å²) in [6.07, 6.45) is 1.34. The Morgan fingerprint density at radius 2 is 1.88 bits per heavy atom. The van der Waals surface area contributed by atoms with Crippen LogP contribution in [0.2, 0.25) is 0 Å². The van der Waals surface area contributed by atoms with Crippen molar-refractivity contribution in [1.82, 2.24) is 5.16 Å². The number of benzene rings is 1. The number of carbonyl (C=O) groups excluding carboxylic acids is 1. The Morgan fingerprint density at radius 3 is 2.50 bits per heavy atom. The Hall–Kier alpha value is -3.03. The average molecular weight is 360 g/mol. The number of hydrogen-bond acceptors (Lipinski definition) is 6. The quantitative estimate of drug-likeness (QED) is 0.843. The van der Waals surface area contributed by atoms with Gasteiger partial charge in [-0.15, -0.1) is 0 Å². The largest absolute Gasteiger partial charge is 0.490 e. The van der Waals surface area contributed by atoms with Gasteiger partial charge in [0.2, 0.25) is 5.91 Å². The summed E-state index contributed by atoms with van der Waals surface area (Å²) in [5.74, 6) is 0.0166. The highest BCUT2D eigenvalue weighted by Crippen LogP contribution is 2.35. The van der Waals surface area contributed by atoms with Gasteiger partial charge in [0.05, 0.1) is 30.2 Å². The van der Waals surface area contributed by atoms with E-state index in [4.69, 9.17) is 14.0 Å². The third-order valence-corrected chi connectivity index (χ3v) is 4.18. The van der Waals surface area contributed by atoms with Crippen LogP contribution in [-0.2, 0) is 11.2 Å². The van der Waals surface area contributed by atoms with E-state index in [0.29, 0.717) is 43.3 Å². The van der Waals surface area contributed by atoms with E-state index in [1.54, 1.807) is 6.92 Å². The van der Waals surface area contributed by atoms with Gasteiger partial charge in [-0.25, -0.2) is 4.79 Å². The summed E-state index contributed by atoms with van der Waals surface area (Å²) in [6.45, 7) is 4.53. The van der Waals surface area contributed by atoms with Crippen LogP contribution in [0.1, 0.15) is 40.2 Å². The lowest BCUT2D eigenvalue weighted by Crippen LogP contribution is -2.16. The zero-order valence-electron chi connectivity index (χ0n) is 14.6. The van der Waals surface area contributed by atoms with E-state index in [9.17, 15) is 14.7 Å². The lowest BCUT2D eigenvalue weighted by Gasteiger charge is -2.13. The van der Waals surface area contributed by atoms with E-state index < -0.39 is 5.97 Å². The van der Waals surface area contributed by atoms with Gasteiger partial charge < -0.3 is 24.4 Å². The molecule has 0 saturated heterocycles. The van der Waals surface area contributed by atoms with E-state index in [1.807, 2.05) is 6.92 Å². The van der Waals surface area contributed by atoms with Crippen molar-refractivity contribution in [2.24, 2.45) is 0 Å². The Kier molecular flexibility index (Phi) is 5.11. The molecule has 1 aliphatic rings. The second-order valence-electron chi connectivity index (χ2n) is 6.05. The third kappa shape index (κ3) is 3.79. The van der Waals surface area contributed by atoms with E-state index in [2.05, 4.69) is 10.5 Å². The Labute approximate surface area is 150 Å². The van der Waals surface area contributed by atoms with Gasteiger partial charge in [-0.2, -0.15) is 0 Å². The standard InChI is InChI=1S/C18H20N2O6/c1-10-12(11(2)26-20-10)4-5-17(21)19-14-9-16-15(8-13(14)18(22)23)24-6-3-7-25-16/h8-9H,3-7H2,1-2H3,(H,19,21)(H,22,23). The number of amides is 1. The van der Waals surface area contributed by atoms with Gasteiger partial charge in [-0.1, -0.05) is 5.16 Å². The fourth-order valence-corrected chi connectivity index (χ4v) is 2.80. The van der Waals surface area contributed by atoms with Gasteiger partial charge in [0.25, 0.3) is 0 Å². The maximum atomic E-state index is 12.3. The Morgan fingerprint density at radius 1 is 1.19 bits per heavy atom. The number of carboxylic acids is 1. The second kappa shape index (κ2) is 7.47. The van der Waals surface area contributed by atoms with Crippen molar-refractivity contribution < 1.29 is 28.7 Å². The van der Waals surface area contributed by atoms with Crippen molar-refractivity contribution in [3.63, 3.8) is 0 Å². The number of nitrogens with zero attached hydrogens (tertiary/aromatic N) is 1. The third-order valence-electron chi connectivity index (χ3n) is 4.18. The summed E-state index contributed by atoms with van der Waals surface area (Å²) in [5, 5.41) is 16.0. The molecule has 26 heavy (non-hydrogen) atoms. The zero-order chi connectivity index (χ0) is 18.7. The molecule has 0 fully saturated rings. The number of carbonyl (C=O) groups is 2. The molecule has 0 radical (unpaired) electrons. The lowest BCUT2D eigenvalue weighted by atomic mass is 10.1. The first-order valence-corrected chi connectivity index (χ1v) is 8.34. The minimum atomic E-state index is -1.15. The molecule has 0 saturated carbocycles. The first-order valence-electron chi connectivity index (χ1n) is 8.34. The maximum absolute atomic E-state index is 12.3. The van der Waals surface area contributed by atoms with Crippen LogP contribution < -0.4 is 14.8 Å². The molecule has 1 amide bonds. The summed E-state index contributed by atoms with van der Waals surface area (Å²) in [6, 6.07) is 2.88. The number of fused-ring (bicyclic) bond motifs is 1. The molecule has 3 rings (SSSR count). The highest BCUT2D eigenvalue weighted by Gasteiger charge is 2.20. The highest BCUT2D eigenvalue weighted by molar-refractivity contribution is 6.01. The van der Waals surface area contributed by atoms with Crippen LogP contribution in [0, 0.1) is 13.8 Å². The number of nitrogens with one attached hydrogen (secondary N) is 1. The fourth-order valence-electron chi connectivity index (χ4n) is 2.80. The van der Waals surface area contributed by atoms with Crippen LogP contribution in [0.4, 0.5) is 5.69 Å². The van der Waals surface area contributed by atoms with E-state index in [1.165, 1.54) is 12.1 Å². The topological polar surface area (TPSA) is 111 Å². The molecule has 1 aromatic carbocycles. The van der Waals surface area contributed by atoms with Crippen molar-refractivity contribution in [3.8, 4) is 11.5 Å². The van der Waals surface area contributed by atoms with Crippen molar-refractivity contribution in [2.75, 3.05) is 18.5 Å². The lowest BCUT2D eigenvalue weighted by molar-refractivity contribution is -0.116. The van der Waals surface area contributed by atoms with Gasteiger partial charge in [-0.3, -0.25) is 4.79 Å². The highest BCUT2D eigenvalue weighted by atomic mass is 16.5. The molecule has 2 N–H and O–H groups in total. The fraction of sp³-hybridized carbons (Fsp3) is 0.389. The number of ether oxygens (including phenoxy) is 2. The summed E-state index contributed by atoms with van der Waals surface area (Å²) in [4.78, 5) is 23.9. The Bertz CT molecular complexity index is 823. The number of rotatable bonds is 5. The van der Waals surface area contributed by atoms with Gasteiger partial charge in [0, 0.05) is 30.5 Å². The summed E-state index contributed by atoms with van der Waals surface area (Å²) >= 11 is 0. The number of carboxylic acid groups (broad SMARTS) is 1. The molecule has 8 heteroatoms. The first kappa shape index (κ1) is 17.8. The van der Waals surface area contributed by atoms with Crippen LogP contribution in [-0.4, -0.2) is 35.4 Å². The zero-order valence-corrected chi connectivity index (χ0v) is 14.6. The summed E-state index contributed by atoms with van der Waals surface area (Å²) in [7, 11) is 0. The van der Waals surface area contributed by atoms with Crippen molar-refractivity contribution in [2.45, 2.75) is 33.1 Å². The normalized spacial score (nSPS) is 13.2. The number of hydrogen-bond donors (Lipinski definition) is 2. The minimum Gasteiger partial charge on any atom is -0.490 e. The van der Waals surface area contributed by atoms with Crippen LogP contribution >= 0.6 is 0 Å². The SMILES string of the molecule is Cc1noc(C)c1CCC(=O)Nc1cc2c(cc1C(=O)O)OCCCO2. The monoisotopic (exact) mass is 360 g/mol. The average Bonchev–Trinajstić information content (AvgIpc) is 2.79. The predicted molar refractivity (Wildman–Crippen MR) is 91.9 cm³/mol. The Balaban J connectivity index is 1.76. The molecule has 138 valence electrons. The molecular formula is C18H20N2O6. The van der Waals surface area contributed by atoms with Crippen molar-refractivity contribution in [3.05, 3.63) is 34.7 Å². The van der Waals surface area contributed by atoms with Gasteiger partial charge >= 0.3 is 5.97 Å². The molecule has 1 aromatic heterocycles. The van der Waals surface area contributed by atoms with E-state index >= 15 is 0 Å². The van der Waals surface area contributed by atoms with Crippen molar-refractivity contribution >= 4 is 17.6 Å². The molecule has 0 atom stereocenters. The molecule has 8 nitrogen and oxygen atoms in total. The van der Waals surface area contributed by atoms with Crippen molar-refractivity contribution in [1.29, 1.82) is 0 Å². The van der Waals surface area contributed by atoms with Crippen LogP contribution in [0.25, 0.3) is 0 Å². The van der Waals surface area contributed by atoms with Gasteiger partial charge in [-0.05, 0) is 20.3 Å². The van der Waals surface area contributed by atoms with E-state index in [-0.39, 0.29) is 23.6 Å². The molecule has 0 spiro atoms.